The number of rotatable bonds is 6. The van der Waals surface area contributed by atoms with Gasteiger partial charge in [0.15, 0.2) is 0 Å². The van der Waals surface area contributed by atoms with E-state index in [1.165, 1.54) is 0 Å². The largest absolute Gasteiger partial charge is 0.310 e. The third-order valence-corrected chi connectivity index (χ3v) is 5.11. The smallest absolute Gasteiger partial charge is 0.235 e. The lowest BCUT2D eigenvalue weighted by molar-refractivity contribution is -0.113. The molecule has 1 N–H and O–H groups in total. The van der Waals surface area contributed by atoms with E-state index in [1.807, 2.05) is 68.4 Å². The standard InChI is InChI=1S/C20H20ClN3OS/c1-14-5-3-4-6-18(14)24-19(11-15(2)23-24)22-20(25)13-26-12-16-7-9-17(21)10-8-16/h3-11H,12-13H2,1-2H3,(H,22,25). The molecule has 0 atom stereocenters. The van der Waals surface area contributed by atoms with Crippen LogP contribution in [0, 0.1) is 13.8 Å². The number of carbonyl (C=O) groups excluding carboxylic acids is 1. The first-order chi connectivity index (χ1) is 12.5. The number of aryl methyl sites for hydroxylation is 2. The molecule has 4 nitrogen and oxygen atoms in total. The molecule has 0 aliphatic carbocycles. The van der Waals surface area contributed by atoms with E-state index in [4.69, 9.17) is 11.6 Å². The van der Waals surface area contributed by atoms with Gasteiger partial charge in [-0.05, 0) is 43.2 Å². The summed E-state index contributed by atoms with van der Waals surface area (Å²) in [7, 11) is 0. The molecule has 1 amide bonds. The lowest BCUT2D eigenvalue weighted by Crippen LogP contribution is -2.17. The van der Waals surface area contributed by atoms with Crippen molar-refractivity contribution in [3.8, 4) is 5.69 Å². The van der Waals surface area contributed by atoms with Crippen LogP contribution in [-0.4, -0.2) is 21.4 Å². The van der Waals surface area contributed by atoms with Gasteiger partial charge < -0.3 is 5.32 Å². The minimum Gasteiger partial charge on any atom is -0.310 e. The van der Waals surface area contributed by atoms with Crippen molar-refractivity contribution in [3.63, 3.8) is 0 Å². The van der Waals surface area contributed by atoms with Crippen LogP contribution < -0.4 is 5.32 Å². The second-order valence-electron chi connectivity index (χ2n) is 6.04. The van der Waals surface area contributed by atoms with Crippen LogP contribution in [0.2, 0.25) is 5.02 Å². The minimum absolute atomic E-state index is 0.0429. The maximum absolute atomic E-state index is 12.3. The molecule has 0 aliphatic heterocycles. The molecule has 0 unspecified atom stereocenters. The highest BCUT2D eigenvalue weighted by Gasteiger charge is 2.12. The maximum atomic E-state index is 12.3. The van der Waals surface area contributed by atoms with E-state index in [2.05, 4.69) is 10.4 Å². The Bertz CT molecular complexity index is 906. The normalized spacial score (nSPS) is 10.7. The van der Waals surface area contributed by atoms with Crippen molar-refractivity contribution >= 4 is 35.1 Å². The van der Waals surface area contributed by atoms with Gasteiger partial charge in [0.2, 0.25) is 5.91 Å². The first kappa shape index (κ1) is 18.5. The molecular formula is C20H20ClN3OS. The number of amides is 1. The summed E-state index contributed by atoms with van der Waals surface area (Å²) in [5, 5.41) is 8.20. The number of anilines is 1. The van der Waals surface area contributed by atoms with Crippen LogP contribution >= 0.6 is 23.4 Å². The Labute approximate surface area is 162 Å². The second kappa shape index (κ2) is 8.43. The third-order valence-electron chi connectivity index (χ3n) is 3.86. The van der Waals surface area contributed by atoms with Gasteiger partial charge in [-0.25, -0.2) is 4.68 Å². The number of carbonyl (C=O) groups is 1. The van der Waals surface area contributed by atoms with Gasteiger partial charge in [-0.2, -0.15) is 5.10 Å². The van der Waals surface area contributed by atoms with Crippen molar-refractivity contribution in [1.82, 2.24) is 9.78 Å². The zero-order valence-corrected chi connectivity index (χ0v) is 16.3. The summed E-state index contributed by atoms with van der Waals surface area (Å²) in [4.78, 5) is 12.3. The molecule has 2 aromatic carbocycles. The molecule has 0 saturated carbocycles. The summed E-state index contributed by atoms with van der Waals surface area (Å²) in [6, 6.07) is 17.5. The summed E-state index contributed by atoms with van der Waals surface area (Å²) < 4.78 is 1.78. The molecule has 3 aromatic rings. The summed E-state index contributed by atoms with van der Waals surface area (Å²) in [6.45, 7) is 3.94. The summed E-state index contributed by atoms with van der Waals surface area (Å²) in [6.07, 6.45) is 0. The first-order valence-electron chi connectivity index (χ1n) is 8.27. The van der Waals surface area contributed by atoms with Crippen molar-refractivity contribution in [2.24, 2.45) is 0 Å². The molecule has 1 heterocycles. The molecule has 0 aliphatic rings. The Kier molecular flexibility index (Phi) is 6.01. The Morgan fingerprint density at radius 3 is 2.62 bits per heavy atom. The van der Waals surface area contributed by atoms with Crippen molar-refractivity contribution in [3.05, 3.63) is 76.4 Å². The topological polar surface area (TPSA) is 46.9 Å². The zero-order valence-electron chi connectivity index (χ0n) is 14.7. The van der Waals surface area contributed by atoms with Crippen molar-refractivity contribution in [2.45, 2.75) is 19.6 Å². The van der Waals surface area contributed by atoms with Crippen LogP contribution in [0.15, 0.2) is 54.6 Å². The van der Waals surface area contributed by atoms with Crippen molar-refractivity contribution in [2.75, 3.05) is 11.1 Å². The maximum Gasteiger partial charge on any atom is 0.235 e. The van der Waals surface area contributed by atoms with Gasteiger partial charge in [0.1, 0.15) is 5.82 Å². The van der Waals surface area contributed by atoms with E-state index in [0.29, 0.717) is 11.6 Å². The van der Waals surface area contributed by atoms with Gasteiger partial charge in [0, 0.05) is 16.8 Å². The quantitative estimate of drug-likeness (QED) is 0.648. The predicted molar refractivity (Wildman–Crippen MR) is 109 cm³/mol. The number of hydrogen-bond donors (Lipinski definition) is 1. The average molecular weight is 386 g/mol. The van der Waals surface area contributed by atoms with E-state index >= 15 is 0 Å². The molecule has 0 bridgehead atoms. The molecular weight excluding hydrogens is 366 g/mol. The summed E-state index contributed by atoms with van der Waals surface area (Å²) in [5.74, 6) is 1.79. The van der Waals surface area contributed by atoms with Gasteiger partial charge in [-0.15, -0.1) is 11.8 Å². The molecule has 0 saturated heterocycles. The lowest BCUT2D eigenvalue weighted by atomic mass is 10.2. The number of halogens is 1. The number of nitrogens with zero attached hydrogens (tertiary/aromatic N) is 2. The van der Waals surface area contributed by atoms with Crippen LogP contribution in [0.25, 0.3) is 5.69 Å². The van der Waals surface area contributed by atoms with E-state index in [9.17, 15) is 4.79 Å². The highest BCUT2D eigenvalue weighted by Crippen LogP contribution is 2.21. The number of hydrogen-bond acceptors (Lipinski definition) is 3. The average Bonchev–Trinajstić information content (AvgIpc) is 2.97. The Morgan fingerprint density at radius 1 is 1.15 bits per heavy atom. The fourth-order valence-electron chi connectivity index (χ4n) is 2.59. The highest BCUT2D eigenvalue weighted by molar-refractivity contribution is 7.99. The Morgan fingerprint density at radius 2 is 1.88 bits per heavy atom. The zero-order chi connectivity index (χ0) is 18.5. The number of para-hydroxylation sites is 1. The van der Waals surface area contributed by atoms with Gasteiger partial charge in [0.25, 0.3) is 0 Å². The summed E-state index contributed by atoms with van der Waals surface area (Å²) >= 11 is 7.45. The number of benzene rings is 2. The van der Waals surface area contributed by atoms with E-state index in [-0.39, 0.29) is 5.91 Å². The van der Waals surface area contributed by atoms with Crippen molar-refractivity contribution in [1.29, 1.82) is 0 Å². The second-order valence-corrected chi connectivity index (χ2v) is 7.46. The minimum atomic E-state index is -0.0429. The van der Waals surface area contributed by atoms with E-state index < -0.39 is 0 Å². The highest BCUT2D eigenvalue weighted by atomic mass is 35.5. The number of nitrogens with one attached hydrogen (secondary N) is 1. The van der Waals surface area contributed by atoms with Crippen LogP contribution in [-0.2, 0) is 10.5 Å². The molecule has 0 radical (unpaired) electrons. The fourth-order valence-corrected chi connectivity index (χ4v) is 3.51. The first-order valence-corrected chi connectivity index (χ1v) is 9.81. The molecule has 0 fully saturated rings. The number of thioether (sulfide) groups is 1. The van der Waals surface area contributed by atoms with Gasteiger partial charge in [-0.1, -0.05) is 41.9 Å². The molecule has 0 spiro atoms. The Hall–Kier alpha value is -2.24. The molecule has 134 valence electrons. The fraction of sp³-hybridized carbons (Fsp3) is 0.200. The predicted octanol–water partition coefficient (Wildman–Crippen LogP) is 5.01. The monoisotopic (exact) mass is 385 g/mol. The Balaban J connectivity index is 1.63. The molecule has 1 aromatic heterocycles. The van der Waals surface area contributed by atoms with Crippen LogP contribution in [0.5, 0.6) is 0 Å². The van der Waals surface area contributed by atoms with E-state index in [0.717, 1.165) is 33.3 Å². The third kappa shape index (κ3) is 4.68. The number of aromatic nitrogens is 2. The molecule has 3 rings (SSSR count). The van der Waals surface area contributed by atoms with Crippen molar-refractivity contribution < 1.29 is 4.79 Å². The van der Waals surface area contributed by atoms with Crippen LogP contribution in [0.1, 0.15) is 16.8 Å². The van der Waals surface area contributed by atoms with E-state index in [1.54, 1.807) is 16.4 Å². The van der Waals surface area contributed by atoms with Gasteiger partial charge in [-0.3, -0.25) is 4.79 Å². The molecule has 6 heteroatoms. The van der Waals surface area contributed by atoms with Gasteiger partial charge >= 0.3 is 0 Å². The van der Waals surface area contributed by atoms with Crippen LogP contribution in [0.3, 0.4) is 0 Å². The molecule has 26 heavy (non-hydrogen) atoms. The summed E-state index contributed by atoms with van der Waals surface area (Å²) in [5.41, 5.74) is 4.07. The van der Waals surface area contributed by atoms with Gasteiger partial charge in [0.05, 0.1) is 17.1 Å². The van der Waals surface area contributed by atoms with Crippen LogP contribution in [0.4, 0.5) is 5.82 Å². The SMILES string of the molecule is Cc1cc(NC(=O)CSCc2ccc(Cl)cc2)n(-c2ccccc2C)n1. The lowest BCUT2D eigenvalue weighted by Gasteiger charge is -2.11.